The predicted octanol–water partition coefficient (Wildman–Crippen LogP) is 1.84. The Kier molecular flexibility index (Phi) is 6.95. The molecule has 3 aliphatic rings. The molecular weight excluding hydrogens is 438 g/mol. The smallest absolute Gasteiger partial charge is 0.320 e. The number of likely N-dealkylation sites (N-methyl/N-ethyl adjacent to an activating group) is 1. The standard InChI is InChI=1S/C26H43NO7/c1-9-23(6)14-17(29)26(32)24(7)16(28)12-13-22(4,5)20(24)19(31)21(25(26,8)34-23)33-18(30)15-27(10-2)11-3/h9,16,19-21,28,31-32H,1,10-15H2,2-8H3/t16-,19-,20-,21-,23-,24-,25+,26-/m0/s1. The molecule has 1 saturated heterocycles. The molecule has 8 nitrogen and oxygen atoms in total. The first-order chi connectivity index (χ1) is 15.6. The van der Waals surface area contributed by atoms with E-state index in [4.69, 9.17) is 9.47 Å². The van der Waals surface area contributed by atoms with Crippen LogP contribution in [0.2, 0.25) is 0 Å². The molecule has 2 saturated carbocycles. The maximum Gasteiger partial charge on any atom is 0.320 e. The lowest BCUT2D eigenvalue weighted by molar-refractivity contribution is -0.370. The molecule has 1 aliphatic heterocycles. The quantitative estimate of drug-likeness (QED) is 0.389. The summed E-state index contributed by atoms with van der Waals surface area (Å²) in [7, 11) is 0. The molecule has 0 aromatic rings. The molecule has 8 heteroatoms. The fraction of sp³-hybridized carbons (Fsp3) is 0.846. The predicted molar refractivity (Wildman–Crippen MR) is 127 cm³/mol. The Morgan fingerprint density at radius 2 is 1.79 bits per heavy atom. The van der Waals surface area contributed by atoms with E-state index in [0.29, 0.717) is 25.9 Å². The van der Waals surface area contributed by atoms with Gasteiger partial charge in [-0.25, -0.2) is 0 Å². The van der Waals surface area contributed by atoms with Crippen LogP contribution in [0.5, 0.6) is 0 Å². The van der Waals surface area contributed by atoms with Crippen LogP contribution in [-0.4, -0.2) is 86.7 Å². The minimum Gasteiger partial charge on any atom is -0.455 e. The molecule has 3 rings (SSSR count). The third-order valence-electron chi connectivity index (χ3n) is 9.23. The second kappa shape index (κ2) is 8.66. The van der Waals surface area contributed by atoms with E-state index in [1.807, 2.05) is 32.6 Å². The molecule has 1 heterocycles. The number of esters is 1. The number of fused-ring (bicyclic) bond motifs is 3. The highest BCUT2D eigenvalue weighted by molar-refractivity contribution is 5.92. The van der Waals surface area contributed by atoms with Gasteiger partial charge in [0.2, 0.25) is 0 Å². The second-order valence-electron chi connectivity index (χ2n) is 11.7. The van der Waals surface area contributed by atoms with Crippen molar-refractivity contribution in [2.45, 2.75) is 103 Å². The van der Waals surface area contributed by atoms with Crippen LogP contribution in [0.15, 0.2) is 12.7 Å². The van der Waals surface area contributed by atoms with Crippen LogP contribution in [0, 0.1) is 16.7 Å². The first kappa shape index (κ1) is 27.3. The second-order valence-corrected chi connectivity index (χ2v) is 11.7. The molecule has 0 spiro atoms. The average molecular weight is 482 g/mol. The van der Waals surface area contributed by atoms with Crippen LogP contribution in [0.4, 0.5) is 0 Å². The molecule has 2 aliphatic carbocycles. The Bertz CT molecular complexity index is 841. The van der Waals surface area contributed by atoms with Crippen LogP contribution < -0.4 is 0 Å². The van der Waals surface area contributed by atoms with Gasteiger partial charge >= 0.3 is 5.97 Å². The summed E-state index contributed by atoms with van der Waals surface area (Å²) in [5, 5.41) is 35.5. The van der Waals surface area contributed by atoms with E-state index in [9.17, 15) is 24.9 Å². The van der Waals surface area contributed by atoms with Gasteiger partial charge in [0.1, 0.15) is 5.60 Å². The molecule has 0 aromatic heterocycles. The van der Waals surface area contributed by atoms with Gasteiger partial charge in [0.15, 0.2) is 17.5 Å². The molecule has 3 fully saturated rings. The lowest BCUT2D eigenvalue weighted by Gasteiger charge is -2.71. The van der Waals surface area contributed by atoms with E-state index in [1.165, 1.54) is 13.0 Å². The number of ketones is 1. The summed E-state index contributed by atoms with van der Waals surface area (Å²) in [6.45, 7) is 17.7. The monoisotopic (exact) mass is 481 g/mol. The number of aliphatic hydroxyl groups is 3. The molecule has 8 atom stereocenters. The summed E-state index contributed by atoms with van der Waals surface area (Å²) >= 11 is 0. The largest absolute Gasteiger partial charge is 0.455 e. The molecule has 194 valence electrons. The number of hydrogen-bond acceptors (Lipinski definition) is 8. The number of hydrogen-bond donors (Lipinski definition) is 3. The fourth-order valence-corrected chi connectivity index (χ4v) is 7.29. The van der Waals surface area contributed by atoms with Gasteiger partial charge in [-0.3, -0.25) is 14.5 Å². The number of ether oxygens (including phenoxy) is 2. The number of aliphatic hydroxyl groups excluding tert-OH is 2. The van der Waals surface area contributed by atoms with Crippen molar-refractivity contribution in [3.05, 3.63) is 12.7 Å². The van der Waals surface area contributed by atoms with E-state index in [-0.39, 0.29) is 13.0 Å². The van der Waals surface area contributed by atoms with Crippen LogP contribution in [0.1, 0.15) is 67.7 Å². The highest BCUT2D eigenvalue weighted by atomic mass is 16.6. The SMILES string of the molecule is C=C[C@@]1(C)CC(=O)[C@]2(O)[C@@]3(C)[C@@H](O)CCC(C)(C)[C@@H]3[C@H](O)[C@H](OC(=O)CN(CC)CC)[C@@]2(C)O1. The maximum absolute atomic E-state index is 13.8. The molecule has 0 aromatic carbocycles. The number of rotatable bonds is 6. The Balaban J connectivity index is 2.20. The van der Waals surface area contributed by atoms with Gasteiger partial charge in [-0.15, -0.1) is 6.58 Å². The minimum absolute atomic E-state index is 0.00531. The number of carbonyl (C=O) groups excluding carboxylic acids is 2. The van der Waals surface area contributed by atoms with Crippen molar-refractivity contribution in [2.75, 3.05) is 19.6 Å². The third kappa shape index (κ3) is 3.60. The van der Waals surface area contributed by atoms with Crippen molar-refractivity contribution >= 4 is 11.8 Å². The van der Waals surface area contributed by atoms with Gasteiger partial charge in [0, 0.05) is 17.8 Å². The fourth-order valence-electron chi connectivity index (χ4n) is 7.29. The summed E-state index contributed by atoms with van der Waals surface area (Å²) < 4.78 is 12.3. The summed E-state index contributed by atoms with van der Waals surface area (Å²) in [6, 6.07) is 0. The lowest BCUT2D eigenvalue weighted by Crippen LogP contribution is -2.86. The molecule has 0 bridgehead atoms. The molecule has 0 amide bonds. The first-order valence-corrected chi connectivity index (χ1v) is 12.4. The molecular formula is C26H43NO7. The zero-order valence-corrected chi connectivity index (χ0v) is 21.8. The van der Waals surface area contributed by atoms with Crippen molar-refractivity contribution in [1.29, 1.82) is 0 Å². The Morgan fingerprint density at radius 1 is 1.21 bits per heavy atom. The van der Waals surface area contributed by atoms with E-state index in [0.717, 1.165) is 0 Å². The average Bonchev–Trinajstić information content (AvgIpc) is 2.75. The zero-order valence-electron chi connectivity index (χ0n) is 21.8. The Hall–Kier alpha value is -1.32. The number of nitrogens with zero attached hydrogens (tertiary/aromatic N) is 1. The lowest BCUT2D eigenvalue weighted by atomic mass is 9.40. The van der Waals surface area contributed by atoms with E-state index in [1.54, 1.807) is 13.8 Å². The summed E-state index contributed by atoms with van der Waals surface area (Å²) in [4.78, 5) is 28.7. The number of carbonyl (C=O) groups is 2. The van der Waals surface area contributed by atoms with Crippen LogP contribution in [0.3, 0.4) is 0 Å². The van der Waals surface area contributed by atoms with Crippen molar-refractivity contribution < 1.29 is 34.4 Å². The summed E-state index contributed by atoms with van der Waals surface area (Å²) in [5.41, 5.74) is -7.13. The maximum atomic E-state index is 13.8. The van der Waals surface area contributed by atoms with E-state index >= 15 is 0 Å². The van der Waals surface area contributed by atoms with Crippen molar-refractivity contribution in [1.82, 2.24) is 4.90 Å². The summed E-state index contributed by atoms with van der Waals surface area (Å²) in [5.74, 6) is -1.81. The highest BCUT2D eigenvalue weighted by Gasteiger charge is 2.81. The van der Waals surface area contributed by atoms with Crippen LogP contribution in [0.25, 0.3) is 0 Å². The van der Waals surface area contributed by atoms with Crippen molar-refractivity contribution in [3.63, 3.8) is 0 Å². The molecule has 0 radical (unpaired) electrons. The van der Waals surface area contributed by atoms with Crippen LogP contribution in [-0.2, 0) is 19.1 Å². The highest BCUT2D eigenvalue weighted by Crippen LogP contribution is 2.67. The third-order valence-corrected chi connectivity index (χ3v) is 9.23. The summed E-state index contributed by atoms with van der Waals surface area (Å²) in [6.07, 6.45) is -1.37. The van der Waals surface area contributed by atoms with Gasteiger partial charge in [-0.1, -0.05) is 40.7 Å². The van der Waals surface area contributed by atoms with Gasteiger partial charge in [0.25, 0.3) is 0 Å². The normalized spacial score (nSPS) is 45.9. The minimum atomic E-state index is -2.20. The first-order valence-electron chi connectivity index (χ1n) is 12.4. The van der Waals surface area contributed by atoms with Crippen molar-refractivity contribution in [2.24, 2.45) is 16.7 Å². The van der Waals surface area contributed by atoms with E-state index in [2.05, 4.69) is 6.58 Å². The van der Waals surface area contributed by atoms with Gasteiger partial charge < -0.3 is 24.8 Å². The topological polar surface area (TPSA) is 117 Å². The molecule has 3 N–H and O–H groups in total. The van der Waals surface area contributed by atoms with Crippen LogP contribution >= 0.6 is 0 Å². The van der Waals surface area contributed by atoms with Gasteiger partial charge in [-0.05, 0) is 45.2 Å². The van der Waals surface area contributed by atoms with Crippen molar-refractivity contribution in [3.8, 4) is 0 Å². The molecule has 34 heavy (non-hydrogen) atoms. The van der Waals surface area contributed by atoms with Gasteiger partial charge in [0.05, 0.1) is 24.4 Å². The molecule has 0 unspecified atom stereocenters. The number of Topliss-reactive ketones (excluding diaryl/α,β-unsaturated/α-hetero) is 1. The van der Waals surface area contributed by atoms with Gasteiger partial charge in [-0.2, -0.15) is 0 Å². The van der Waals surface area contributed by atoms with E-state index < -0.39 is 63.6 Å². The Morgan fingerprint density at radius 3 is 2.32 bits per heavy atom. The Labute approximate surface area is 203 Å². The zero-order chi connectivity index (χ0) is 25.9.